The van der Waals surface area contributed by atoms with E-state index < -0.39 is 10.0 Å². The smallest absolute Gasteiger partial charge is 0.328 e. The van der Waals surface area contributed by atoms with Gasteiger partial charge in [0.25, 0.3) is 0 Å². The fraction of sp³-hybridized carbons (Fsp3) is 0.417. The number of benzene rings is 2. The Bertz CT molecular complexity index is 1310. The van der Waals surface area contributed by atoms with Crippen molar-refractivity contribution in [2.75, 3.05) is 26.2 Å². The van der Waals surface area contributed by atoms with Crippen LogP contribution in [-0.2, 0) is 28.4 Å². The molecule has 1 saturated heterocycles. The molecule has 0 bridgehead atoms. The molecule has 1 fully saturated rings. The highest BCUT2D eigenvalue weighted by Crippen LogP contribution is 2.21. The van der Waals surface area contributed by atoms with E-state index in [2.05, 4.69) is 13.8 Å². The summed E-state index contributed by atoms with van der Waals surface area (Å²) >= 11 is 0. The number of imidazole rings is 1. The quantitative estimate of drug-likeness (QED) is 0.554. The number of rotatable bonds is 6. The van der Waals surface area contributed by atoms with E-state index in [1.807, 2.05) is 36.4 Å². The summed E-state index contributed by atoms with van der Waals surface area (Å²) in [4.78, 5) is 27.3. The van der Waals surface area contributed by atoms with Gasteiger partial charge in [-0.3, -0.25) is 13.9 Å². The van der Waals surface area contributed by atoms with Crippen LogP contribution >= 0.6 is 0 Å². The number of carbonyl (C=O) groups is 1. The van der Waals surface area contributed by atoms with Crippen LogP contribution in [0.2, 0.25) is 0 Å². The Morgan fingerprint density at radius 1 is 0.939 bits per heavy atom. The van der Waals surface area contributed by atoms with Crippen LogP contribution in [0.5, 0.6) is 0 Å². The Labute approximate surface area is 194 Å². The number of fused-ring (bicyclic) bond motifs is 1. The van der Waals surface area contributed by atoms with Gasteiger partial charge in [0.05, 0.1) is 15.9 Å². The number of hydrogen-bond donors (Lipinski definition) is 0. The fourth-order valence-electron chi connectivity index (χ4n) is 4.30. The average Bonchev–Trinajstić information content (AvgIpc) is 3.07. The number of sulfonamides is 1. The second-order valence-electron chi connectivity index (χ2n) is 8.74. The van der Waals surface area contributed by atoms with Gasteiger partial charge in [-0.1, -0.05) is 38.1 Å². The van der Waals surface area contributed by atoms with Crippen molar-refractivity contribution < 1.29 is 13.2 Å². The molecule has 4 rings (SSSR count). The number of hydrogen-bond acceptors (Lipinski definition) is 4. The molecule has 1 amide bonds. The zero-order valence-corrected chi connectivity index (χ0v) is 20.1. The van der Waals surface area contributed by atoms with Crippen molar-refractivity contribution in [2.24, 2.45) is 7.05 Å². The van der Waals surface area contributed by atoms with Crippen LogP contribution in [0.1, 0.15) is 31.7 Å². The van der Waals surface area contributed by atoms with Crippen LogP contribution in [0.3, 0.4) is 0 Å². The van der Waals surface area contributed by atoms with Gasteiger partial charge >= 0.3 is 5.69 Å². The standard InChI is InChI=1S/C24H30N4O4S/c1-18(2)19-8-10-20(11-9-19)33(31,32)27-16-14-26(15-17-27)23(29)12-13-28-22-7-5-4-6-21(22)25(3)24(28)30/h4-11,18H,12-17H2,1-3H3. The number of nitrogens with zero attached hydrogens (tertiary/aromatic N) is 4. The Hall–Kier alpha value is -2.91. The molecule has 0 saturated carbocycles. The van der Waals surface area contributed by atoms with Crippen molar-refractivity contribution in [3.8, 4) is 0 Å². The molecule has 8 nitrogen and oxygen atoms in total. The first-order valence-electron chi connectivity index (χ1n) is 11.2. The van der Waals surface area contributed by atoms with E-state index in [0.29, 0.717) is 25.6 Å². The first-order chi connectivity index (χ1) is 15.7. The monoisotopic (exact) mass is 470 g/mol. The van der Waals surface area contributed by atoms with Gasteiger partial charge < -0.3 is 4.90 Å². The summed E-state index contributed by atoms with van der Waals surface area (Å²) in [5, 5.41) is 0. The number of amides is 1. The molecule has 0 unspecified atom stereocenters. The van der Waals surface area contributed by atoms with Gasteiger partial charge in [0, 0.05) is 46.2 Å². The van der Waals surface area contributed by atoms with Gasteiger partial charge in [-0.2, -0.15) is 4.31 Å². The van der Waals surface area contributed by atoms with Crippen molar-refractivity contribution >= 4 is 27.0 Å². The minimum absolute atomic E-state index is 0.0758. The third-order valence-corrected chi connectivity index (χ3v) is 8.29. The third-order valence-electron chi connectivity index (χ3n) is 6.38. The van der Waals surface area contributed by atoms with E-state index >= 15 is 0 Å². The largest absolute Gasteiger partial charge is 0.340 e. The molecule has 9 heteroatoms. The normalized spacial score (nSPS) is 15.5. The molecule has 2 heterocycles. The van der Waals surface area contributed by atoms with Crippen LogP contribution in [-0.4, -0.2) is 58.8 Å². The predicted octanol–water partition coefficient (Wildman–Crippen LogP) is 2.39. The lowest BCUT2D eigenvalue weighted by atomic mass is 10.0. The summed E-state index contributed by atoms with van der Waals surface area (Å²) in [5.41, 5.74) is 2.57. The number of piperazine rings is 1. The lowest BCUT2D eigenvalue weighted by molar-refractivity contribution is -0.132. The van der Waals surface area contributed by atoms with Crippen LogP contribution in [0.25, 0.3) is 11.0 Å². The van der Waals surface area contributed by atoms with Gasteiger partial charge in [-0.25, -0.2) is 13.2 Å². The Morgan fingerprint density at radius 3 is 2.15 bits per heavy atom. The summed E-state index contributed by atoms with van der Waals surface area (Å²) in [6, 6.07) is 14.5. The van der Waals surface area contributed by atoms with Crippen LogP contribution < -0.4 is 5.69 Å². The molecule has 0 atom stereocenters. The summed E-state index contributed by atoms with van der Waals surface area (Å²) < 4.78 is 30.6. The van der Waals surface area contributed by atoms with Crippen molar-refractivity contribution in [1.82, 2.24) is 18.3 Å². The lowest BCUT2D eigenvalue weighted by Gasteiger charge is -2.34. The van der Waals surface area contributed by atoms with Crippen molar-refractivity contribution in [3.63, 3.8) is 0 Å². The summed E-state index contributed by atoms with van der Waals surface area (Å²) in [5.74, 6) is 0.259. The molecule has 1 aromatic heterocycles. The maximum atomic E-state index is 13.0. The molecule has 33 heavy (non-hydrogen) atoms. The van der Waals surface area contributed by atoms with E-state index in [4.69, 9.17) is 0 Å². The van der Waals surface area contributed by atoms with Crippen LogP contribution in [0.4, 0.5) is 0 Å². The molecule has 2 aromatic carbocycles. The topological polar surface area (TPSA) is 84.6 Å². The minimum atomic E-state index is -3.59. The lowest BCUT2D eigenvalue weighted by Crippen LogP contribution is -2.50. The highest BCUT2D eigenvalue weighted by Gasteiger charge is 2.30. The third kappa shape index (κ3) is 4.47. The van der Waals surface area contributed by atoms with Gasteiger partial charge in [-0.05, 0) is 35.7 Å². The van der Waals surface area contributed by atoms with E-state index in [1.165, 1.54) is 4.31 Å². The van der Waals surface area contributed by atoms with Gasteiger partial charge in [0.2, 0.25) is 15.9 Å². The summed E-state index contributed by atoms with van der Waals surface area (Å²) in [6.07, 6.45) is 0.192. The zero-order chi connectivity index (χ0) is 23.8. The fourth-order valence-corrected chi connectivity index (χ4v) is 5.72. The van der Waals surface area contributed by atoms with Gasteiger partial charge in [-0.15, -0.1) is 0 Å². The predicted molar refractivity (Wildman–Crippen MR) is 128 cm³/mol. The first kappa shape index (κ1) is 23.3. The number of carbonyl (C=O) groups excluding carboxylic acids is 1. The van der Waals surface area contributed by atoms with Crippen LogP contribution in [0, 0.1) is 0 Å². The van der Waals surface area contributed by atoms with Crippen molar-refractivity contribution in [3.05, 3.63) is 64.6 Å². The summed E-state index contributed by atoms with van der Waals surface area (Å²) in [7, 11) is -1.87. The Kier molecular flexibility index (Phi) is 6.45. The van der Waals surface area contributed by atoms with Gasteiger partial charge in [0.15, 0.2) is 0 Å². The van der Waals surface area contributed by atoms with E-state index in [0.717, 1.165) is 16.6 Å². The maximum Gasteiger partial charge on any atom is 0.328 e. The Morgan fingerprint density at radius 2 is 1.55 bits per heavy atom. The minimum Gasteiger partial charge on any atom is -0.340 e. The molecule has 0 spiro atoms. The number of aryl methyl sites for hydroxylation is 2. The molecule has 176 valence electrons. The molecule has 0 N–H and O–H groups in total. The number of para-hydroxylation sites is 2. The molecular formula is C24H30N4O4S. The van der Waals surface area contributed by atoms with E-state index in [-0.39, 0.29) is 36.0 Å². The van der Waals surface area contributed by atoms with Crippen LogP contribution in [0.15, 0.2) is 58.2 Å². The molecular weight excluding hydrogens is 440 g/mol. The zero-order valence-electron chi connectivity index (χ0n) is 19.3. The average molecular weight is 471 g/mol. The number of aromatic nitrogens is 2. The first-order valence-corrected chi connectivity index (χ1v) is 12.7. The van der Waals surface area contributed by atoms with Gasteiger partial charge in [0.1, 0.15) is 0 Å². The van der Waals surface area contributed by atoms with E-state index in [9.17, 15) is 18.0 Å². The summed E-state index contributed by atoms with van der Waals surface area (Å²) in [6.45, 7) is 5.62. The molecule has 0 radical (unpaired) electrons. The van der Waals surface area contributed by atoms with Crippen molar-refractivity contribution in [2.45, 2.75) is 37.6 Å². The maximum absolute atomic E-state index is 13.0. The molecule has 1 aliphatic rings. The SMILES string of the molecule is CC(C)c1ccc(S(=O)(=O)N2CCN(C(=O)CCn3c(=O)n(C)c4ccccc43)CC2)cc1. The highest BCUT2D eigenvalue weighted by atomic mass is 32.2. The molecule has 1 aliphatic heterocycles. The Balaban J connectivity index is 1.37. The van der Waals surface area contributed by atoms with Crippen molar-refractivity contribution in [1.29, 1.82) is 0 Å². The van der Waals surface area contributed by atoms with E-state index in [1.54, 1.807) is 33.2 Å². The second kappa shape index (κ2) is 9.15. The second-order valence-corrected chi connectivity index (χ2v) is 10.7. The highest BCUT2D eigenvalue weighted by molar-refractivity contribution is 7.89. The molecule has 3 aromatic rings. The molecule has 0 aliphatic carbocycles.